The summed E-state index contributed by atoms with van der Waals surface area (Å²) in [6.07, 6.45) is 3.49. The zero-order valence-corrected chi connectivity index (χ0v) is 17.7. The second kappa shape index (κ2) is 9.28. The Morgan fingerprint density at radius 1 is 0.935 bits per heavy atom. The molecule has 31 heavy (non-hydrogen) atoms. The number of hydrogen-bond acceptors (Lipinski definition) is 3. The molecule has 0 aliphatic heterocycles. The molecule has 4 aromatic rings. The zero-order valence-electron chi connectivity index (χ0n) is 17.7. The van der Waals surface area contributed by atoms with E-state index < -0.39 is 0 Å². The third-order valence-corrected chi connectivity index (χ3v) is 5.61. The molecule has 0 atom stereocenters. The van der Waals surface area contributed by atoms with Gasteiger partial charge in [0.25, 0.3) is 0 Å². The van der Waals surface area contributed by atoms with E-state index in [1.165, 1.54) is 5.56 Å². The van der Waals surface area contributed by atoms with E-state index in [0.29, 0.717) is 18.5 Å². The van der Waals surface area contributed by atoms with Crippen LogP contribution in [0.5, 0.6) is 0 Å². The highest BCUT2D eigenvalue weighted by Crippen LogP contribution is 2.26. The van der Waals surface area contributed by atoms with Gasteiger partial charge in [0.15, 0.2) is 0 Å². The largest absolute Gasteiger partial charge is 0.323 e. The monoisotopic (exact) mass is 404 g/mol. The number of nitrogens with zero attached hydrogens (tertiary/aromatic N) is 4. The van der Waals surface area contributed by atoms with Crippen LogP contribution in [0.3, 0.4) is 0 Å². The SMILES string of the molecule is CCCCc1nc2cccc(CC#N)c2n1Cc1ccc(-c2ccccc2C#N)cc1. The number of nitriles is 2. The molecular formula is C27H24N4. The molecular weight excluding hydrogens is 380 g/mol. The normalized spacial score (nSPS) is 10.7. The predicted octanol–water partition coefficient (Wildman–Crippen LogP) is 6.03. The lowest BCUT2D eigenvalue weighted by molar-refractivity contribution is 0.689. The van der Waals surface area contributed by atoms with Crippen LogP contribution in [0.4, 0.5) is 0 Å². The standard InChI is InChI=1S/C27H24N4/c1-2-3-11-26-30-25-10-6-8-22(16-17-28)27(25)31(26)19-20-12-14-21(15-13-20)24-9-5-4-7-23(24)18-29/h4-10,12-15H,2-3,11,16,19H2,1H3. The summed E-state index contributed by atoms with van der Waals surface area (Å²) in [4.78, 5) is 4.89. The van der Waals surface area contributed by atoms with Crippen LogP contribution in [-0.2, 0) is 19.4 Å². The van der Waals surface area contributed by atoms with Gasteiger partial charge in [0, 0.05) is 13.0 Å². The molecule has 152 valence electrons. The van der Waals surface area contributed by atoms with Crippen LogP contribution in [0.25, 0.3) is 22.2 Å². The van der Waals surface area contributed by atoms with Crippen LogP contribution in [0.15, 0.2) is 66.7 Å². The summed E-state index contributed by atoms with van der Waals surface area (Å²) < 4.78 is 2.27. The number of fused-ring (bicyclic) bond motifs is 1. The predicted molar refractivity (Wildman–Crippen MR) is 123 cm³/mol. The Balaban J connectivity index is 1.72. The highest BCUT2D eigenvalue weighted by molar-refractivity contribution is 5.80. The maximum absolute atomic E-state index is 9.39. The Morgan fingerprint density at radius 2 is 1.74 bits per heavy atom. The number of aromatic nitrogens is 2. The van der Waals surface area contributed by atoms with Crippen molar-refractivity contribution in [3.05, 3.63) is 89.2 Å². The van der Waals surface area contributed by atoms with Crippen molar-refractivity contribution in [3.8, 4) is 23.3 Å². The van der Waals surface area contributed by atoms with Crippen LogP contribution in [-0.4, -0.2) is 9.55 Å². The molecule has 0 aliphatic carbocycles. The number of para-hydroxylation sites is 1. The average Bonchev–Trinajstić information content (AvgIpc) is 3.16. The summed E-state index contributed by atoms with van der Waals surface area (Å²) >= 11 is 0. The fourth-order valence-corrected chi connectivity index (χ4v) is 4.04. The molecule has 0 unspecified atom stereocenters. The van der Waals surface area contributed by atoms with Crippen LogP contribution in [0.1, 0.15) is 42.3 Å². The van der Waals surface area contributed by atoms with Crippen molar-refractivity contribution in [1.82, 2.24) is 9.55 Å². The van der Waals surface area contributed by atoms with Gasteiger partial charge in [0.05, 0.1) is 35.2 Å². The lowest BCUT2D eigenvalue weighted by Crippen LogP contribution is -2.06. The van der Waals surface area contributed by atoms with Gasteiger partial charge in [-0.2, -0.15) is 10.5 Å². The average molecular weight is 405 g/mol. The molecule has 0 radical (unpaired) electrons. The second-order valence-corrected chi connectivity index (χ2v) is 7.69. The maximum Gasteiger partial charge on any atom is 0.110 e. The van der Waals surface area contributed by atoms with Crippen molar-refractivity contribution in [2.75, 3.05) is 0 Å². The smallest absolute Gasteiger partial charge is 0.110 e. The third kappa shape index (κ3) is 4.20. The Morgan fingerprint density at radius 3 is 2.48 bits per heavy atom. The molecule has 4 nitrogen and oxygen atoms in total. The number of imidazole rings is 1. The summed E-state index contributed by atoms with van der Waals surface area (Å²) in [5.74, 6) is 1.07. The van der Waals surface area contributed by atoms with Crippen molar-refractivity contribution in [2.24, 2.45) is 0 Å². The van der Waals surface area contributed by atoms with Crippen LogP contribution in [0.2, 0.25) is 0 Å². The van der Waals surface area contributed by atoms with Crippen LogP contribution >= 0.6 is 0 Å². The lowest BCUT2D eigenvalue weighted by Gasteiger charge is -2.12. The molecule has 0 spiro atoms. The highest BCUT2D eigenvalue weighted by Gasteiger charge is 2.14. The summed E-state index contributed by atoms with van der Waals surface area (Å²) in [7, 11) is 0. The van der Waals surface area contributed by atoms with Gasteiger partial charge in [0.1, 0.15) is 5.82 Å². The molecule has 1 heterocycles. The van der Waals surface area contributed by atoms with Gasteiger partial charge in [-0.05, 0) is 40.8 Å². The second-order valence-electron chi connectivity index (χ2n) is 7.69. The minimum atomic E-state index is 0.375. The zero-order chi connectivity index (χ0) is 21.6. The van der Waals surface area contributed by atoms with Gasteiger partial charge in [-0.25, -0.2) is 4.98 Å². The van der Waals surface area contributed by atoms with Gasteiger partial charge < -0.3 is 4.57 Å². The number of unbranched alkanes of at least 4 members (excludes halogenated alkanes) is 1. The van der Waals surface area contributed by atoms with Crippen molar-refractivity contribution in [1.29, 1.82) is 10.5 Å². The van der Waals surface area contributed by atoms with Crippen molar-refractivity contribution in [2.45, 2.75) is 39.2 Å². The number of hydrogen-bond donors (Lipinski definition) is 0. The van der Waals surface area contributed by atoms with Gasteiger partial charge in [-0.1, -0.05) is 67.9 Å². The van der Waals surface area contributed by atoms with E-state index in [1.54, 1.807) is 0 Å². The molecule has 0 aliphatic rings. The minimum Gasteiger partial charge on any atom is -0.323 e. The van der Waals surface area contributed by atoms with Gasteiger partial charge in [-0.3, -0.25) is 0 Å². The van der Waals surface area contributed by atoms with E-state index in [0.717, 1.165) is 52.8 Å². The van der Waals surface area contributed by atoms with Gasteiger partial charge in [-0.15, -0.1) is 0 Å². The van der Waals surface area contributed by atoms with Crippen molar-refractivity contribution < 1.29 is 0 Å². The maximum atomic E-state index is 9.39. The molecule has 0 amide bonds. The quantitative estimate of drug-likeness (QED) is 0.378. The first kappa shape index (κ1) is 20.4. The summed E-state index contributed by atoms with van der Waals surface area (Å²) in [6, 6.07) is 26.7. The molecule has 1 aromatic heterocycles. The molecule has 4 heteroatoms. The van der Waals surface area contributed by atoms with E-state index in [4.69, 9.17) is 4.98 Å². The highest BCUT2D eigenvalue weighted by atomic mass is 15.1. The molecule has 3 aromatic carbocycles. The van der Waals surface area contributed by atoms with E-state index in [-0.39, 0.29) is 0 Å². The first-order valence-electron chi connectivity index (χ1n) is 10.7. The molecule has 0 N–H and O–H groups in total. The molecule has 0 fully saturated rings. The van der Waals surface area contributed by atoms with Gasteiger partial charge in [0.2, 0.25) is 0 Å². The molecule has 0 bridgehead atoms. The Hall–Kier alpha value is -3.89. The van der Waals surface area contributed by atoms with Crippen molar-refractivity contribution >= 4 is 11.0 Å². The summed E-state index contributed by atoms with van der Waals surface area (Å²) in [6.45, 7) is 2.89. The first-order valence-corrected chi connectivity index (χ1v) is 10.7. The number of benzene rings is 3. The lowest BCUT2D eigenvalue weighted by atomic mass is 9.99. The number of aryl methyl sites for hydroxylation is 1. The minimum absolute atomic E-state index is 0.375. The fraction of sp³-hybridized carbons (Fsp3) is 0.222. The molecule has 4 rings (SSSR count). The van der Waals surface area contributed by atoms with Crippen LogP contribution < -0.4 is 0 Å². The van der Waals surface area contributed by atoms with Crippen LogP contribution in [0, 0.1) is 22.7 Å². The summed E-state index contributed by atoms with van der Waals surface area (Å²) in [5, 5.41) is 18.7. The Kier molecular flexibility index (Phi) is 6.11. The third-order valence-electron chi connectivity index (χ3n) is 5.61. The summed E-state index contributed by atoms with van der Waals surface area (Å²) in [5.41, 5.74) is 6.88. The van der Waals surface area contributed by atoms with E-state index in [2.05, 4.69) is 47.9 Å². The fourth-order valence-electron chi connectivity index (χ4n) is 4.04. The molecule has 0 saturated carbocycles. The number of rotatable bonds is 7. The Bertz CT molecular complexity index is 1280. The Labute approximate surface area is 183 Å². The topological polar surface area (TPSA) is 65.4 Å². The van der Waals surface area contributed by atoms with E-state index >= 15 is 0 Å². The van der Waals surface area contributed by atoms with Gasteiger partial charge >= 0.3 is 0 Å². The first-order chi connectivity index (χ1) is 15.2. The van der Waals surface area contributed by atoms with Crippen molar-refractivity contribution in [3.63, 3.8) is 0 Å². The molecule has 0 saturated heterocycles. The van der Waals surface area contributed by atoms with E-state index in [9.17, 15) is 10.5 Å². The van der Waals surface area contributed by atoms with E-state index in [1.807, 2.05) is 42.5 Å².